The number of carboxylic acid groups (broad SMARTS) is 1. The fraction of sp³-hybridized carbons (Fsp3) is 0.880. The molecule has 0 aromatic carbocycles. The van der Waals surface area contributed by atoms with E-state index in [9.17, 15) is 34.8 Å². The van der Waals surface area contributed by atoms with Crippen LogP contribution in [0.4, 0.5) is 0 Å². The third-order valence-electron chi connectivity index (χ3n) is 9.18. The summed E-state index contributed by atoms with van der Waals surface area (Å²) in [5.41, 5.74) is -14.0. The van der Waals surface area contributed by atoms with Crippen LogP contribution < -0.4 is 5.32 Å². The maximum atomic E-state index is 12.6. The quantitative estimate of drug-likeness (QED) is 0.265. The van der Waals surface area contributed by atoms with Crippen LogP contribution in [0.25, 0.3) is 0 Å². The smallest absolute Gasteiger partial charge is 0.338 e. The van der Waals surface area contributed by atoms with Crippen LogP contribution >= 0.6 is 0 Å². The van der Waals surface area contributed by atoms with Gasteiger partial charge in [0.15, 0.2) is 11.9 Å². The summed E-state index contributed by atoms with van der Waals surface area (Å²) >= 11 is 0. The second-order valence-electron chi connectivity index (χ2n) is 11.6. The Labute approximate surface area is 222 Å². The molecule has 2 heterocycles. The number of hydrogen-bond donors (Lipinski definition) is 5. The number of hydrogen-bond acceptors (Lipinski definition) is 11. The second-order valence-corrected chi connectivity index (χ2v) is 11.6. The van der Waals surface area contributed by atoms with Crippen LogP contribution in [0.3, 0.4) is 0 Å². The molecule has 220 valence electrons. The number of carbonyl (C=O) groups is 3. The van der Waals surface area contributed by atoms with E-state index in [-0.39, 0.29) is 0 Å². The molecule has 5 N–H and O–H groups in total. The van der Waals surface area contributed by atoms with Gasteiger partial charge in [0.2, 0.25) is 5.91 Å². The van der Waals surface area contributed by atoms with E-state index in [0.29, 0.717) is 0 Å². The zero-order valence-corrected chi connectivity index (χ0v) is 24.0. The standard InChI is InChI=1S/C25H43NO12/c1-13-21(6,32)24(9,33)25(10,23(8,36-13)17(30)31)38-18-20(5,26-14(2)27)22(7,34-11)16(29)19(4,37-18)12-35-15(3)28/h13,16,18,29,32-33H,12H2,1-11H3,(H,26,27)(H,30,31). The van der Waals surface area contributed by atoms with E-state index >= 15 is 0 Å². The lowest BCUT2D eigenvalue weighted by Crippen LogP contribution is -2.86. The number of ether oxygens (including phenoxy) is 5. The van der Waals surface area contributed by atoms with E-state index in [0.717, 1.165) is 0 Å². The Bertz CT molecular complexity index is 970. The number of esters is 1. The number of aliphatic hydroxyl groups excluding tert-OH is 1. The molecule has 2 fully saturated rings. The van der Waals surface area contributed by atoms with Gasteiger partial charge in [-0.15, -0.1) is 0 Å². The van der Waals surface area contributed by atoms with Gasteiger partial charge in [0.1, 0.15) is 46.3 Å². The molecule has 0 aliphatic carbocycles. The van der Waals surface area contributed by atoms with E-state index in [4.69, 9.17) is 23.7 Å². The largest absolute Gasteiger partial charge is 0.479 e. The Morgan fingerprint density at radius 1 is 0.974 bits per heavy atom. The number of rotatable bonds is 7. The van der Waals surface area contributed by atoms with Crippen molar-refractivity contribution in [1.82, 2.24) is 5.32 Å². The molecule has 0 saturated carbocycles. The first kappa shape index (κ1) is 32.3. The van der Waals surface area contributed by atoms with E-state index in [1.165, 1.54) is 76.3 Å². The van der Waals surface area contributed by atoms with Crippen LogP contribution in [0, 0.1) is 0 Å². The van der Waals surface area contributed by atoms with Crippen molar-refractivity contribution < 1.29 is 58.5 Å². The summed E-state index contributed by atoms with van der Waals surface area (Å²) in [6.07, 6.45) is -4.34. The number of amides is 1. The first-order chi connectivity index (χ1) is 16.9. The highest BCUT2D eigenvalue weighted by molar-refractivity contribution is 5.80. The van der Waals surface area contributed by atoms with Crippen LogP contribution in [-0.2, 0) is 38.1 Å². The van der Waals surface area contributed by atoms with Crippen molar-refractivity contribution in [2.75, 3.05) is 13.7 Å². The van der Waals surface area contributed by atoms with E-state index in [2.05, 4.69) is 5.32 Å². The summed E-state index contributed by atoms with van der Waals surface area (Å²) in [7, 11) is 1.29. The molecule has 13 heteroatoms. The highest BCUT2D eigenvalue weighted by Crippen LogP contribution is 2.54. The predicted molar refractivity (Wildman–Crippen MR) is 131 cm³/mol. The molecule has 0 bridgehead atoms. The lowest BCUT2D eigenvalue weighted by molar-refractivity contribution is -0.429. The highest BCUT2D eigenvalue weighted by atomic mass is 16.7. The summed E-state index contributed by atoms with van der Waals surface area (Å²) in [6.45, 7) is 12.6. The zero-order chi connectivity index (χ0) is 29.9. The second kappa shape index (κ2) is 9.65. The summed E-state index contributed by atoms with van der Waals surface area (Å²) in [4.78, 5) is 36.6. The molecule has 10 atom stereocenters. The molecule has 1 amide bonds. The molecule has 0 spiro atoms. The van der Waals surface area contributed by atoms with Crippen molar-refractivity contribution >= 4 is 17.8 Å². The fourth-order valence-electron chi connectivity index (χ4n) is 5.52. The molecule has 0 aromatic heterocycles. The maximum Gasteiger partial charge on any atom is 0.338 e. The van der Waals surface area contributed by atoms with Crippen LogP contribution in [-0.4, -0.2) is 110 Å². The van der Waals surface area contributed by atoms with Crippen LogP contribution in [0.1, 0.15) is 69.2 Å². The summed E-state index contributed by atoms with van der Waals surface area (Å²) in [6, 6.07) is 0. The summed E-state index contributed by atoms with van der Waals surface area (Å²) < 4.78 is 29.3. The molecule has 2 aliphatic rings. The van der Waals surface area contributed by atoms with Gasteiger partial charge >= 0.3 is 11.9 Å². The molecule has 2 saturated heterocycles. The van der Waals surface area contributed by atoms with Crippen molar-refractivity contribution in [1.29, 1.82) is 0 Å². The van der Waals surface area contributed by atoms with Gasteiger partial charge in [-0.25, -0.2) is 4.79 Å². The minimum atomic E-state index is -2.29. The summed E-state index contributed by atoms with van der Waals surface area (Å²) in [5.74, 6) is -2.73. The lowest BCUT2D eigenvalue weighted by atomic mass is 9.61. The maximum absolute atomic E-state index is 12.6. The third kappa shape index (κ3) is 4.32. The SMILES string of the molecule is COC1(C)C(O)C(C)(COC(C)=O)OC(OC2(C)C(C)(C(=O)O)OC(C)C(C)(O)C2(C)O)C1(C)NC(C)=O. The number of aliphatic carboxylic acids is 1. The van der Waals surface area contributed by atoms with Crippen LogP contribution in [0.5, 0.6) is 0 Å². The Kier molecular flexibility index (Phi) is 8.21. The molecule has 0 aromatic rings. The normalized spacial score (nSPS) is 49.3. The van der Waals surface area contributed by atoms with Crippen molar-refractivity contribution in [2.24, 2.45) is 0 Å². The van der Waals surface area contributed by atoms with E-state index < -0.39 is 82.1 Å². The van der Waals surface area contributed by atoms with Gasteiger partial charge in [-0.1, -0.05) is 0 Å². The average molecular weight is 550 g/mol. The topological polar surface area (TPSA) is 190 Å². The van der Waals surface area contributed by atoms with Gasteiger partial charge in [-0.3, -0.25) is 9.59 Å². The van der Waals surface area contributed by atoms with Gasteiger partial charge in [0.05, 0.1) is 6.10 Å². The summed E-state index contributed by atoms with van der Waals surface area (Å²) in [5, 5.41) is 47.5. The van der Waals surface area contributed by atoms with Crippen LogP contribution in [0.15, 0.2) is 0 Å². The number of carbonyl (C=O) groups excluding carboxylic acids is 2. The first-order valence-corrected chi connectivity index (χ1v) is 12.3. The van der Waals surface area contributed by atoms with Gasteiger partial charge in [0.25, 0.3) is 0 Å². The Balaban J connectivity index is 2.84. The van der Waals surface area contributed by atoms with Crippen LogP contribution in [0.2, 0.25) is 0 Å². The van der Waals surface area contributed by atoms with Crippen molar-refractivity contribution in [3.05, 3.63) is 0 Å². The van der Waals surface area contributed by atoms with E-state index in [1.807, 2.05) is 0 Å². The fourth-order valence-corrected chi connectivity index (χ4v) is 5.52. The molecule has 2 aliphatic heterocycles. The number of nitrogens with one attached hydrogen (secondary N) is 1. The zero-order valence-electron chi connectivity index (χ0n) is 24.0. The molecule has 2 rings (SSSR count). The number of aliphatic hydroxyl groups is 3. The van der Waals surface area contributed by atoms with Crippen molar-refractivity contribution in [3.63, 3.8) is 0 Å². The third-order valence-corrected chi connectivity index (χ3v) is 9.18. The molecular formula is C25H43NO12. The molecule has 38 heavy (non-hydrogen) atoms. The van der Waals surface area contributed by atoms with Gasteiger partial charge < -0.3 is 49.4 Å². The minimum Gasteiger partial charge on any atom is -0.479 e. The lowest BCUT2D eigenvalue weighted by Gasteiger charge is -2.65. The number of carboxylic acids is 1. The van der Waals surface area contributed by atoms with Gasteiger partial charge in [-0.05, 0) is 55.4 Å². The molecule has 13 nitrogen and oxygen atoms in total. The molecule has 10 unspecified atom stereocenters. The van der Waals surface area contributed by atoms with Gasteiger partial charge in [0, 0.05) is 21.0 Å². The van der Waals surface area contributed by atoms with Gasteiger partial charge in [-0.2, -0.15) is 0 Å². The first-order valence-electron chi connectivity index (χ1n) is 12.3. The Hall–Kier alpha value is -1.87. The Morgan fingerprint density at radius 3 is 1.92 bits per heavy atom. The Morgan fingerprint density at radius 2 is 1.50 bits per heavy atom. The van der Waals surface area contributed by atoms with Crippen molar-refractivity contribution in [3.8, 4) is 0 Å². The average Bonchev–Trinajstić information content (AvgIpc) is 2.78. The van der Waals surface area contributed by atoms with E-state index in [1.54, 1.807) is 0 Å². The predicted octanol–water partition coefficient (Wildman–Crippen LogP) is -0.135. The monoisotopic (exact) mass is 549 g/mol. The molecule has 0 radical (unpaired) electrons. The minimum absolute atomic E-state index is 0.465. The highest BCUT2D eigenvalue weighted by Gasteiger charge is 2.76. The molecular weight excluding hydrogens is 506 g/mol. The number of methoxy groups -OCH3 is 1. The van der Waals surface area contributed by atoms with Crippen molar-refractivity contribution in [2.45, 2.75) is 127 Å².